The Morgan fingerprint density at radius 1 is 1.17 bits per heavy atom. The van der Waals surface area contributed by atoms with Crippen molar-refractivity contribution in [3.05, 3.63) is 71.0 Å². The molecule has 0 saturated heterocycles. The van der Waals surface area contributed by atoms with Gasteiger partial charge in [-0.3, -0.25) is 9.78 Å². The van der Waals surface area contributed by atoms with Crippen LogP contribution in [0, 0.1) is 6.92 Å². The van der Waals surface area contributed by atoms with Crippen LogP contribution in [-0.4, -0.2) is 21.0 Å². The normalized spacial score (nSPS) is 10.8. The average molecular weight is 405 g/mol. The van der Waals surface area contributed by atoms with E-state index in [1.807, 2.05) is 25.1 Å². The number of phenols is 1. The van der Waals surface area contributed by atoms with Crippen molar-refractivity contribution in [2.24, 2.45) is 0 Å². The number of amides is 1. The van der Waals surface area contributed by atoms with Gasteiger partial charge in [-0.25, -0.2) is 4.98 Å². The molecular formula is C21H19N5O2S. The van der Waals surface area contributed by atoms with Crippen LogP contribution in [0.15, 0.2) is 54.9 Å². The molecule has 146 valence electrons. The van der Waals surface area contributed by atoms with Crippen LogP contribution in [0.3, 0.4) is 0 Å². The number of nitrogens with two attached hydrogens (primary N) is 1. The molecule has 4 rings (SSSR count). The molecule has 0 atom stereocenters. The van der Waals surface area contributed by atoms with Crippen LogP contribution in [0.4, 0.5) is 17.2 Å². The summed E-state index contributed by atoms with van der Waals surface area (Å²) in [4.78, 5) is 21.8. The first-order chi connectivity index (χ1) is 14.0. The quantitative estimate of drug-likeness (QED) is 0.397. The van der Waals surface area contributed by atoms with Gasteiger partial charge in [0.1, 0.15) is 11.6 Å². The highest BCUT2D eigenvalue weighted by Gasteiger charge is 2.16. The van der Waals surface area contributed by atoms with Crippen LogP contribution in [0.2, 0.25) is 0 Å². The Bertz CT molecular complexity index is 1200. The number of nitrogen functional groups attached to an aromatic ring is 1. The standard InChI is InChI=1S/C21H19N5O2S/c1-12-16-10-15(27)4-5-18(16)29-19(12)21(28)26-13-6-8-23-14(9-13)11-25-17-3-2-7-24-20(17)22/h2-10,25,27H,11H2,1H3,(H2,22,24)(H,23,26,28). The second kappa shape index (κ2) is 7.76. The fourth-order valence-electron chi connectivity index (χ4n) is 3.02. The highest BCUT2D eigenvalue weighted by molar-refractivity contribution is 7.21. The maximum atomic E-state index is 12.8. The minimum absolute atomic E-state index is 0.186. The molecule has 1 amide bonds. The van der Waals surface area contributed by atoms with Gasteiger partial charge < -0.3 is 21.5 Å². The van der Waals surface area contributed by atoms with E-state index in [-0.39, 0.29) is 11.7 Å². The van der Waals surface area contributed by atoms with E-state index >= 15 is 0 Å². The van der Waals surface area contributed by atoms with Gasteiger partial charge >= 0.3 is 0 Å². The molecule has 0 bridgehead atoms. The van der Waals surface area contributed by atoms with Crippen molar-refractivity contribution in [3.8, 4) is 5.75 Å². The van der Waals surface area contributed by atoms with Crippen LogP contribution >= 0.6 is 11.3 Å². The van der Waals surface area contributed by atoms with Crippen LogP contribution in [0.5, 0.6) is 5.75 Å². The molecule has 4 aromatic rings. The number of nitrogens with one attached hydrogen (secondary N) is 2. The van der Waals surface area contributed by atoms with Gasteiger partial charge in [-0.1, -0.05) is 0 Å². The Hall–Kier alpha value is -3.65. The zero-order valence-electron chi connectivity index (χ0n) is 15.6. The minimum atomic E-state index is -0.190. The summed E-state index contributed by atoms with van der Waals surface area (Å²) in [7, 11) is 0. The van der Waals surface area contributed by atoms with E-state index < -0.39 is 0 Å². The molecule has 3 heterocycles. The molecule has 7 nitrogen and oxygen atoms in total. The van der Waals surface area contributed by atoms with Gasteiger partial charge in [0.25, 0.3) is 5.91 Å². The van der Waals surface area contributed by atoms with E-state index in [9.17, 15) is 9.90 Å². The SMILES string of the molecule is Cc1c(C(=O)Nc2ccnc(CNc3cccnc3N)c2)sc2ccc(O)cc12. The summed E-state index contributed by atoms with van der Waals surface area (Å²) < 4.78 is 0.958. The topological polar surface area (TPSA) is 113 Å². The Morgan fingerprint density at radius 2 is 2.03 bits per heavy atom. The fraction of sp³-hybridized carbons (Fsp3) is 0.0952. The van der Waals surface area contributed by atoms with Gasteiger partial charge in [-0.2, -0.15) is 0 Å². The van der Waals surface area contributed by atoms with Crippen LogP contribution < -0.4 is 16.4 Å². The number of fused-ring (bicyclic) bond motifs is 1. The molecule has 0 fully saturated rings. The summed E-state index contributed by atoms with van der Waals surface area (Å²) in [5.41, 5.74) is 8.82. The number of phenolic OH excluding ortho intramolecular Hbond substituents is 1. The minimum Gasteiger partial charge on any atom is -0.508 e. The lowest BCUT2D eigenvalue weighted by atomic mass is 10.1. The summed E-state index contributed by atoms with van der Waals surface area (Å²) >= 11 is 1.40. The van der Waals surface area contributed by atoms with Gasteiger partial charge in [-0.05, 0) is 60.3 Å². The number of hydrogen-bond donors (Lipinski definition) is 4. The molecule has 5 N–H and O–H groups in total. The first-order valence-electron chi connectivity index (χ1n) is 8.94. The number of benzene rings is 1. The number of rotatable bonds is 5. The number of aromatic hydroxyl groups is 1. The van der Waals surface area contributed by atoms with Gasteiger partial charge in [0, 0.05) is 22.8 Å². The zero-order chi connectivity index (χ0) is 20.4. The van der Waals surface area contributed by atoms with Gasteiger partial charge in [-0.15, -0.1) is 11.3 Å². The van der Waals surface area contributed by atoms with E-state index in [1.54, 1.807) is 36.7 Å². The van der Waals surface area contributed by atoms with Crippen molar-refractivity contribution in [3.63, 3.8) is 0 Å². The number of hydrogen-bond acceptors (Lipinski definition) is 7. The maximum absolute atomic E-state index is 12.8. The number of aromatic nitrogens is 2. The average Bonchev–Trinajstić information content (AvgIpc) is 3.04. The van der Waals surface area contributed by atoms with Crippen molar-refractivity contribution >= 4 is 44.5 Å². The zero-order valence-corrected chi connectivity index (χ0v) is 16.5. The Kier molecular flexibility index (Phi) is 5.01. The summed E-state index contributed by atoms with van der Waals surface area (Å²) in [6, 6.07) is 12.3. The fourth-order valence-corrected chi connectivity index (χ4v) is 4.10. The molecule has 0 radical (unpaired) electrons. The molecule has 8 heteroatoms. The third-order valence-electron chi connectivity index (χ3n) is 4.50. The maximum Gasteiger partial charge on any atom is 0.266 e. The number of anilines is 3. The number of nitrogens with zero attached hydrogens (tertiary/aromatic N) is 2. The predicted octanol–water partition coefficient (Wildman–Crippen LogP) is 4.15. The highest BCUT2D eigenvalue weighted by Crippen LogP contribution is 2.33. The second-order valence-electron chi connectivity index (χ2n) is 6.52. The lowest BCUT2D eigenvalue weighted by Crippen LogP contribution is -2.12. The van der Waals surface area contributed by atoms with Gasteiger partial charge in [0.05, 0.1) is 22.8 Å². The Balaban J connectivity index is 1.50. The predicted molar refractivity (Wildman–Crippen MR) is 116 cm³/mol. The number of thiophene rings is 1. The van der Waals surface area contributed by atoms with Gasteiger partial charge in [0.2, 0.25) is 0 Å². The third-order valence-corrected chi connectivity index (χ3v) is 5.77. The molecular weight excluding hydrogens is 386 g/mol. The molecule has 0 aliphatic carbocycles. The molecule has 0 unspecified atom stereocenters. The van der Waals surface area contributed by atoms with Crippen molar-refractivity contribution in [2.75, 3.05) is 16.4 Å². The molecule has 0 spiro atoms. The Labute approximate surface area is 171 Å². The summed E-state index contributed by atoms with van der Waals surface area (Å²) in [6.45, 7) is 2.33. The molecule has 0 aliphatic rings. The van der Waals surface area contributed by atoms with E-state index in [4.69, 9.17) is 5.73 Å². The third kappa shape index (κ3) is 3.97. The molecule has 29 heavy (non-hydrogen) atoms. The van der Waals surface area contributed by atoms with E-state index in [0.717, 1.165) is 27.0 Å². The molecule has 1 aromatic carbocycles. The van der Waals surface area contributed by atoms with Crippen molar-refractivity contribution in [2.45, 2.75) is 13.5 Å². The van der Waals surface area contributed by atoms with Crippen LogP contribution in [0.1, 0.15) is 20.9 Å². The van der Waals surface area contributed by atoms with E-state index in [0.29, 0.717) is 22.9 Å². The smallest absolute Gasteiger partial charge is 0.266 e. The highest BCUT2D eigenvalue weighted by atomic mass is 32.1. The van der Waals surface area contributed by atoms with Crippen molar-refractivity contribution in [1.82, 2.24) is 9.97 Å². The number of pyridine rings is 2. The number of carbonyl (C=O) groups excluding carboxylic acids is 1. The first kappa shape index (κ1) is 18.7. The Morgan fingerprint density at radius 3 is 2.86 bits per heavy atom. The van der Waals surface area contributed by atoms with Gasteiger partial charge in [0.15, 0.2) is 0 Å². The van der Waals surface area contributed by atoms with E-state index in [2.05, 4.69) is 20.6 Å². The molecule has 0 aliphatic heterocycles. The monoisotopic (exact) mass is 405 g/mol. The summed E-state index contributed by atoms with van der Waals surface area (Å²) in [6.07, 6.45) is 3.28. The molecule has 3 aromatic heterocycles. The molecule has 0 saturated carbocycles. The second-order valence-corrected chi connectivity index (χ2v) is 7.57. The lowest BCUT2D eigenvalue weighted by Gasteiger charge is -2.09. The van der Waals surface area contributed by atoms with E-state index in [1.165, 1.54) is 11.3 Å². The first-order valence-corrected chi connectivity index (χ1v) is 9.75. The largest absolute Gasteiger partial charge is 0.508 e. The lowest BCUT2D eigenvalue weighted by molar-refractivity contribution is 0.103. The van der Waals surface area contributed by atoms with Crippen LogP contribution in [-0.2, 0) is 6.54 Å². The van der Waals surface area contributed by atoms with Crippen molar-refractivity contribution in [1.29, 1.82) is 0 Å². The van der Waals surface area contributed by atoms with Crippen molar-refractivity contribution < 1.29 is 9.90 Å². The summed E-state index contributed by atoms with van der Waals surface area (Å²) in [5.74, 6) is 0.416. The van der Waals surface area contributed by atoms with Crippen LogP contribution in [0.25, 0.3) is 10.1 Å². The number of carbonyl (C=O) groups is 1. The summed E-state index contributed by atoms with van der Waals surface area (Å²) in [5, 5.41) is 16.7. The number of aryl methyl sites for hydroxylation is 1.